The number of rotatable bonds is 6. The third kappa shape index (κ3) is 4.76. The van der Waals surface area contributed by atoms with Crippen molar-refractivity contribution < 1.29 is 13.2 Å². The number of ketones is 1. The first-order valence-corrected chi connectivity index (χ1v) is 13.4. The average Bonchev–Trinajstić information content (AvgIpc) is 3.21. The van der Waals surface area contributed by atoms with E-state index in [1.165, 1.54) is 47.7 Å². The van der Waals surface area contributed by atoms with E-state index in [9.17, 15) is 13.2 Å². The van der Waals surface area contributed by atoms with Crippen molar-refractivity contribution in [1.29, 1.82) is 0 Å². The molecule has 8 nitrogen and oxygen atoms in total. The minimum Gasteiger partial charge on any atom is -0.397 e. The van der Waals surface area contributed by atoms with E-state index < -0.39 is 10.0 Å². The van der Waals surface area contributed by atoms with Gasteiger partial charge in [-0.25, -0.2) is 13.4 Å². The van der Waals surface area contributed by atoms with Crippen molar-refractivity contribution in [2.45, 2.75) is 4.90 Å². The molecule has 0 fully saturated rings. The molecule has 0 aliphatic carbocycles. The van der Waals surface area contributed by atoms with Gasteiger partial charge in [-0.3, -0.25) is 9.52 Å². The number of nitrogens with two attached hydrogens (primary N) is 1. The van der Waals surface area contributed by atoms with Gasteiger partial charge in [-0.05, 0) is 60.7 Å². The van der Waals surface area contributed by atoms with Crippen molar-refractivity contribution in [3.8, 4) is 11.3 Å². The predicted molar refractivity (Wildman–Crippen MR) is 142 cm³/mol. The van der Waals surface area contributed by atoms with Crippen molar-refractivity contribution in [2.75, 3.05) is 10.5 Å². The lowest BCUT2D eigenvalue weighted by atomic mass is 10.1. The van der Waals surface area contributed by atoms with Gasteiger partial charge in [-0.1, -0.05) is 35.3 Å². The van der Waals surface area contributed by atoms with E-state index in [4.69, 9.17) is 28.9 Å². The Labute approximate surface area is 219 Å². The van der Waals surface area contributed by atoms with Crippen LogP contribution >= 0.6 is 34.5 Å². The molecular weight excluding hydrogens is 541 g/mol. The molecule has 5 rings (SSSR count). The number of thiophene rings is 1. The van der Waals surface area contributed by atoms with Crippen LogP contribution in [0.1, 0.15) is 15.2 Å². The van der Waals surface area contributed by atoms with Crippen LogP contribution in [0.3, 0.4) is 0 Å². The Kier molecular flexibility index (Phi) is 6.35. The monoisotopic (exact) mass is 555 g/mol. The first kappa shape index (κ1) is 24.1. The number of nitrogens with zero attached hydrogens (tertiary/aromatic N) is 3. The van der Waals surface area contributed by atoms with Gasteiger partial charge in [0.05, 0.1) is 16.3 Å². The van der Waals surface area contributed by atoms with E-state index in [0.29, 0.717) is 25.8 Å². The third-order valence-electron chi connectivity index (χ3n) is 5.24. The maximum atomic E-state index is 13.2. The van der Waals surface area contributed by atoms with Gasteiger partial charge in [-0.15, -0.1) is 21.5 Å². The highest BCUT2D eigenvalue weighted by Crippen LogP contribution is 2.35. The van der Waals surface area contributed by atoms with Crippen LogP contribution in [0, 0.1) is 0 Å². The number of nitrogens with one attached hydrogen (secondary N) is 1. The summed E-state index contributed by atoms with van der Waals surface area (Å²) in [6.45, 7) is 0. The van der Waals surface area contributed by atoms with E-state index in [-0.39, 0.29) is 27.2 Å². The molecule has 180 valence electrons. The summed E-state index contributed by atoms with van der Waals surface area (Å²) in [5.41, 5.74) is 8.52. The van der Waals surface area contributed by atoms with E-state index in [2.05, 4.69) is 19.9 Å². The van der Waals surface area contributed by atoms with Gasteiger partial charge in [0.25, 0.3) is 10.0 Å². The minimum atomic E-state index is -3.94. The minimum absolute atomic E-state index is 0.0167. The molecule has 0 amide bonds. The number of benzene rings is 2. The van der Waals surface area contributed by atoms with Crippen molar-refractivity contribution in [3.63, 3.8) is 0 Å². The highest BCUT2D eigenvalue weighted by atomic mass is 35.5. The third-order valence-corrected chi connectivity index (χ3v) is 8.18. The van der Waals surface area contributed by atoms with Crippen LogP contribution in [0.2, 0.25) is 10.2 Å². The molecule has 12 heteroatoms. The molecule has 0 saturated heterocycles. The zero-order valence-corrected chi connectivity index (χ0v) is 21.3. The summed E-state index contributed by atoms with van der Waals surface area (Å²) < 4.78 is 27.6. The molecule has 0 spiro atoms. The van der Waals surface area contributed by atoms with Crippen molar-refractivity contribution >= 4 is 72.1 Å². The molecule has 0 aliphatic heterocycles. The number of hydrogen-bond donors (Lipinski definition) is 2. The van der Waals surface area contributed by atoms with Crippen molar-refractivity contribution in [1.82, 2.24) is 15.2 Å². The van der Waals surface area contributed by atoms with E-state index >= 15 is 0 Å². The second-order valence-corrected chi connectivity index (χ2v) is 11.1. The average molecular weight is 556 g/mol. The van der Waals surface area contributed by atoms with Crippen LogP contribution in [0.15, 0.2) is 77.7 Å². The van der Waals surface area contributed by atoms with Crippen LogP contribution < -0.4 is 10.5 Å². The van der Waals surface area contributed by atoms with E-state index in [1.807, 2.05) is 24.3 Å². The lowest BCUT2D eigenvalue weighted by Gasteiger charge is -2.07. The summed E-state index contributed by atoms with van der Waals surface area (Å²) in [4.78, 5) is 18.8. The zero-order chi connectivity index (χ0) is 25.4. The fourth-order valence-corrected chi connectivity index (χ4v) is 5.71. The lowest BCUT2D eigenvalue weighted by Crippen LogP contribution is -2.14. The second-order valence-electron chi connectivity index (χ2n) is 7.60. The number of anilines is 2. The molecule has 0 radical (unpaired) electrons. The number of fused-ring (bicyclic) bond motifs is 1. The Bertz CT molecular complexity index is 1700. The maximum Gasteiger partial charge on any atom is 0.263 e. The summed E-state index contributed by atoms with van der Waals surface area (Å²) in [7, 11) is -3.94. The fraction of sp³-hybridized carbons (Fsp3) is 0. The quantitative estimate of drug-likeness (QED) is 0.258. The molecular formula is C24H15Cl2N5O3S2. The van der Waals surface area contributed by atoms with E-state index in [1.54, 1.807) is 12.1 Å². The Balaban J connectivity index is 1.41. The largest absolute Gasteiger partial charge is 0.397 e. The molecule has 3 N–H and O–H groups in total. The Morgan fingerprint density at radius 1 is 0.889 bits per heavy atom. The number of carbonyl (C=O) groups excluding carboxylic acids is 1. The highest BCUT2D eigenvalue weighted by molar-refractivity contribution is 7.92. The summed E-state index contributed by atoms with van der Waals surface area (Å²) in [5.74, 6) is -0.313. The number of nitrogen functional groups attached to an aromatic ring is 1. The first-order chi connectivity index (χ1) is 17.2. The van der Waals surface area contributed by atoms with Crippen LogP contribution in [-0.2, 0) is 10.0 Å². The number of halogens is 2. The second kappa shape index (κ2) is 9.47. The molecule has 5 aromatic rings. The van der Waals surface area contributed by atoms with Gasteiger partial charge in [-0.2, -0.15) is 0 Å². The molecule has 3 aromatic heterocycles. The summed E-state index contributed by atoms with van der Waals surface area (Å²) in [6, 6.07) is 19.3. The standard InChI is InChI=1S/C24H15Cl2N5O3S2/c25-15-5-1-13(2-6-15)18-10-9-17-21(27)23(35-24(17)28-18)22(32)14-3-7-16(8-4-14)36(33,34)31-20-12-11-19(26)29-30-20/h1-12H,27H2,(H,30,31). The predicted octanol–water partition coefficient (Wildman–Crippen LogP) is 5.67. The van der Waals surface area contributed by atoms with Gasteiger partial charge in [0.1, 0.15) is 9.71 Å². The normalized spacial score (nSPS) is 11.5. The molecule has 0 saturated carbocycles. The number of pyridine rings is 1. The summed E-state index contributed by atoms with van der Waals surface area (Å²) in [6.07, 6.45) is 0. The molecule has 0 unspecified atom stereocenters. The highest BCUT2D eigenvalue weighted by Gasteiger charge is 2.21. The molecule has 0 atom stereocenters. The van der Waals surface area contributed by atoms with Gasteiger partial charge in [0.2, 0.25) is 5.78 Å². The smallest absolute Gasteiger partial charge is 0.263 e. The van der Waals surface area contributed by atoms with Crippen molar-refractivity contribution in [3.05, 3.63) is 93.4 Å². The lowest BCUT2D eigenvalue weighted by molar-refractivity contribution is 0.104. The van der Waals surface area contributed by atoms with Crippen LogP contribution in [0.5, 0.6) is 0 Å². The van der Waals surface area contributed by atoms with Gasteiger partial charge in [0.15, 0.2) is 11.0 Å². The Hall–Kier alpha value is -3.57. The Morgan fingerprint density at radius 3 is 2.28 bits per heavy atom. The van der Waals surface area contributed by atoms with Gasteiger partial charge in [0, 0.05) is 21.5 Å². The van der Waals surface area contributed by atoms with E-state index in [0.717, 1.165) is 11.3 Å². The molecule has 3 heterocycles. The molecule has 0 aliphatic rings. The van der Waals surface area contributed by atoms with Crippen LogP contribution in [0.25, 0.3) is 21.5 Å². The molecule has 0 bridgehead atoms. The van der Waals surface area contributed by atoms with Crippen molar-refractivity contribution in [2.24, 2.45) is 0 Å². The molecule has 36 heavy (non-hydrogen) atoms. The first-order valence-electron chi connectivity index (χ1n) is 10.3. The number of hydrogen-bond acceptors (Lipinski definition) is 8. The fourth-order valence-electron chi connectivity index (χ4n) is 3.43. The number of carbonyl (C=O) groups is 1. The van der Waals surface area contributed by atoms with Crippen LogP contribution in [0.4, 0.5) is 11.5 Å². The topological polar surface area (TPSA) is 128 Å². The van der Waals surface area contributed by atoms with Gasteiger partial charge >= 0.3 is 0 Å². The number of sulfonamides is 1. The summed E-state index contributed by atoms with van der Waals surface area (Å²) in [5, 5.41) is 8.72. The maximum absolute atomic E-state index is 13.2. The Morgan fingerprint density at radius 2 is 1.61 bits per heavy atom. The number of aromatic nitrogens is 3. The van der Waals surface area contributed by atoms with Gasteiger partial charge < -0.3 is 5.73 Å². The summed E-state index contributed by atoms with van der Waals surface area (Å²) >= 11 is 12.8. The SMILES string of the molecule is Nc1c(C(=O)c2ccc(S(=O)(=O)Nc3ccc(Cl)nn3)cc2)sc2nc(-c3ccc(Cl)cc3)ccc12. The molecule has 2 aromatic carbocycles. The van der Waals surface area contributed by atoms with Crippen LogP contribution in [-0.4, -0.2) is 29.4 Å². The zero-order valence-electron chi connectivity index (χ0n) is 18.1.